The lowest BCUT2D eigenvalue weighted by atomic mass is 10.1. The van der Waals surface area contributed by atoms with Crippen molar-refractivity contribution < 1.29 is 23.8 Å². The Labute approximate surface area is 146 Å². The fourth-order valence-corrected chi connectivity index (χ4v) is 2.54. The van der Waals surface area contributed by atoms with Gasteiger partial charge in [-0.15, -0.1) is 0 Å². The zero-order valence-electron chi connectivity index (χ0n) is 14.9. The number of rotatable bonds is 7. The molecule has 25 heavy (non-hydrogen) atoms. The zero-order chi connectivity index (χ0) is 18.4. The highest BCUT2D eigenvalue weighted by Crippen LogP contribution is 2.38. The third kappa shape index (κ3) is 4.40. The average molecular weight is 349 g/mol. The summed E-state index contributed by atoms with van der Waals surface area (Å²) >= 11 is 0. The Morgan fingerprint density at radius 1 is 1.16 bits per heavy atom. The van der Waals surface area contributed by atoms with Crippen LogP contribution in [0.4, 0.5) is 0 Å². The Morgan fingerprint density at radius 3 is 2.32 bits per heavy atom. The average Bonchev–Trinajstić information content (AvgIpc) is 2.62. The van der Waals surface area contributed by atoms with Gasteiger partial charge < -0.3 is 19.5 Å². The number of hydrogen-bond donors (Lipinski definition) is 1. The lowest BCUT2D eigenvalue weighted by Crippen LogP contribution is -2.38. The normalized spacial score (nSPS) is 14.0. The van der Waals surface area contributed by atoms with E-state index in [1.54, 1.807) is 28.4 Å². The van der Waals surface area contributed by atoms with Crippen molar-refractivity contribution in [1.82, 2.24) is 10.3 Å². The number of amides is 2. The summed E-state index contributed by atoms with van der Waals surface area (Å²) in [4.78, 5) is 23.5. The van der Waals surface area contributed by atoms with Gasteiger partial charge in [0.15, 0.2) is 11.5 Å². The van der Waals surface area contributed by atoms with Crippen molar-refractivity contribution in [3.63, 3.8) is 0 Å². The zero-order valence-corrected chi connectivity index (χ0v) is 14.9. The number of carbonyl (C=O) groups excluding carboxylic acids is 2. The summed E-state index contributed by atoms with van der Waals surface area (Å²) in [5.41, 5.74) is 1.31. The van der Waals surface area contributed by atoms with Gasteiger partial charge in [-0.05, 0) is 24.1 Å². The number of nitrogens with zero attached hydrogens (tertiary/aromatic N) is 2. The third-order valence-corrected chi connectivity index (χ3v) is 3.89. The lowest BCUT2D eigenvalue weighted by molar-refractivity contribution is -0.130. The van der Waals surface area contributed by atoms with Gasteiger partial charge in [0.2, 0.25) is 11.7 Å². The molecular weight excluding hydrogens is 326 g/mol. The van der Waals surface area contributed by atoms with Crippen LogP contribution in [0, 0.1) is 0 Å². The third-order valence-electron chi connectivity index (χ3n) is 3.89. The summed E-state index contributed by atoms with van der Waals surface area (Å²) in [6, 6.07) is 3.69. The minimum Gasteiger partial charge on any atom is -0.493 e. The van der Waals surface area contributed by atoms with E-state index < -0.39 is 0 Å². The summed E-state index contributed by atoms with van der Waals surface area (Å²) in [7, 11) is 6.21. The van der Waals surface area contributed by atoms with Crippen molar-refractivity contribution in [2.45, 2.75) is 19.3 Å². The summed E-state index contributed by atoms with van der Waals surface area (Å²) in [5.74, 6) is 1.32. The SMILES string of the molecule is COc1cc(CCNC(=O)C2=NN(C)C(=O)CC2)cc(OC)c1OC. The first-order valence-corrected chi connectivity index (χ1v) is 7.91. The maximum Gasteiger partial charge on any atom is 0.267 e. The molecule has 0 atom stereocenters. The van der Waals surface area contributed by atoms with Gasteiger partial charge in [-0.1, -0.05) is 0 Å². The van der Waals surface area contributed by atoms with Gasteiger partial charge in [0.1, 0.15) is 5.71 Å². The second-order valence-corrected chi connectivity index (χ2v) is 5.50. The Morgan fingerprint density at radius 2 is 1.80 bits per heavy atom. The van der Waals surface area contributed by atoms with E-state index in [9.17, 15) is 9.59 Å². The summed E-state index contributed by atoms with van der Waals surface area (Å²) in [5, 5.41) is 8.02. The molecule has 0 aliphatic carbocycles. The standard InChI is InChI=1S/C17H23N3O5/c1-20-15(21)6-5-12(19-20)17(22)18-8-7-11-9-13(23-2)16(25-4)14(10-11)24-3/h9-10H,5-8H2,1-4H3,(H,18,22). The van der Waals surface area contributed by atoms with Crippen LogP contribution in [0.25, 0.3) is 0 Å². The molecule has 136 valence electrons. The number of nitrogens with one attached hydrogen (secondary N) is 1. The van der Waals surface area contributed by atoms with Crippen LogP contribution in [-0.4, -0.2) is 57.5 Å². The quantitative estimate of drug-likeness (QED) is 0.793. The van der Waals surface area contributed by atoms with Crippen LogP contribution >= 0.6 is 0 Å². The van der Waals surface area contributed by atoms with E-state index in [0.717, 1.165) is 5.56 Å². The topological polar surface area (TPSA) is 89.5 Å². The van der Waals surface area contributed by atoms with Crippen molar-refractivity contribution >= 4 is 17.5 Å². The molecule has 8 heteroatoms. The van der Waals surface area contributed by atoms with E-state index in [0.29, 0.717) is 48.8 Å². The monoisotopic (exact) mass is 349 g/mol. The van der Waals surface area contributed by atoms with Gasteiger partial charge in [0.25, 0.3) is 5.91 Å². The first kappa shape index (κ1) is 18.6. The largest absolute Gasteiger partial charge is 0.493 e. The van der Waals surface area contributed by atoms with Crippen molar-refractivity contribution in [2.75, 3.05) is 34.9 Å². The molecule has 1 aromatic rings. The molecule has 1 aliphatic rings. The fraction of sp³-hybridized carbons (Fsp3) is 0.471. The summed E-state index contributed by atoms with van der Waals surface area (Å²) in [6.07, 6.45) is 1.25. The van der Waals surface area contributed by atoms with Crippen LogP contribution in [0.3, 0.4) is 0 Å². The molecule has 0 aromatic heterocycles. The van der Waals surface area contributed by atoms with Crippen molar-refractivity contribution in [3.8, 4) is 17.2 Å². The first-order chi connectivity index (χ1) is 12.0. The molecule has 8 nitrogen and oxygen atoms in total. The number of hydrogen-bond acceptors (Lipinski definition) is 6. The highest BCUT2D eigenvalue weighted by molar-refractivity contribution is 6.39. The predicted molar refractivity (Wildman–Crippen MR) is 92.3 cm³/mol. The molecule has 0 saturated heterocycles. The fourth-order valence-electron chi connectivity index (χ4n) is 2.54. The molecule has 0 fully saturated rings. The van der Waals surface area contributed by atoms with E-state index in [1.807, 2.05) is 12.1 Å². The van der Waals surface area contributed by atoms with Crippen LogP contribution in [0.15, 0.2) is 17.2 Å². The molecule has 0 radical (unpaired) electrons. The molecule has 1 heterocycles. The van der Waals surface area contributed by atoms with Crippen LogP contribution < -0.4 is 19.5 Å². The molecule has 0 unspecified atom stereocenters. The van der Waals surface area contributed by atoms with Gasteiger partial charge >= 0.3 is 0 Å². The smallest absolute Gasteiger partial charge is 0.267 e. The maximum atomic E-state index is 12.1. The number of hydrazone groups is 1. The summed E-state index contributed by atoms with van der Waals surface area (Å²) in [6.45, 7) is 0.425. The van der Waals surface area contributed by atoms with Crippen LogP contribution in [0.2, 0.25) is 0 Å². The van der Waals surface area contributed by atoms with Gasteiger partial charge in [-0.2, -0.15) is 5.10 Å². The van der Waals surface area contributed by atoms with E-state index >= 15 is 0 Å². The van der Waals surface area contributed by atoms with Crippen molar-refractivity contribution in [1.29, 1.82) is 0 Å². The van der Waals surface area contributed by atoms with E-state index in [-0.39, 0.29) is 11.8 Å². The highest BCUT2D eigenvalue weighted by atomic mass is 16.5. The van der Waals surface area contributed by atoms with Gasteiger partial charge in [-0.25, -0.2) is 5.01 Å². The Bertz CT molecular complexity index is 662. The highest BCUT2D eigenvalue weighted by Gasteiger charge is 2.21. The molecule has 0 saturated carbocycles. The Balaban J connectivity index is 1.99. The van der Waals surface area contributed by atoms with Gasteiger partial charge in [0, 0.05) is 26.4 Å². The number of carbonyl (C=O) groups is 2. The van der Waals surface area contributed by atoms with E-state index in [4.69, 9.17) is 14.2 Å². The molecule has 0 spiro atoms. The van der Waals surface area contributed by atoms with E-state index in [1.165, 1.54) is 5.01 Å². The number of methoxy groups -OCH3 is 3. The van der Waals surface area contributed by atoms with Crippen molar-refractivity contribution in [3.05, 3.63) is 17.7 Å². The maximum absolute atomic E-state index is 12.1. The van der Waals surface area contributed by atoms with E-state index in [2.05, 4.69) is 10.4 Å². The minimum absolute atomic E-state index is 0.0889. The molecule has 1 N–H and O–H groups in total. The van der Waals surface area contributed by atoms with Crippen molar-refractivity contribution in [2.24, 2.45) is 5.10 Å². The predicted octanol–water partition coefficient (Wildman–Crippen LogP) is 0.979. The second kappa shape index (κ2) is 8.36. The van der Waals surface area contributed by atoms with Gasteiger partial charge in [-0.3, -0.25) is 9.59 Å². The van der Waals surface area contributed by atoms with Crippen LogP contribution in [0.5, 0.6) is 17.2 Å². The van der Waals surface area contributed by atoms with Crippen LogP contribution in [0.1, 0.15) is 18.4 Å². The van der Waals surface area contributed by atoms with Crippen LogP contribution in [-0.2, 0) is 16.0 Å². The molecular formula is C17H23N3O5. The first-order valence-electron chi connectivity index (χ1n) is 7.91. The second-order valence-electron chi connectivity index (χ2n) is 5.50. The molecule has 2 amide bonds. The Kier molecular flexibility index (Phi) is 6.21. The number of ether oxygens (including phenoxy) is 3. The lowest BCUT2D eigenvalue weighted by Gasteiger charge is -2.19. The Hall–Kier alpha value is -2.77. The molecule has 1 aromatic carbocycles. The minimum atomic E-state index is -0.258. The number of benzene rings is 1. The molecule has 1 aliphatic heterocycles. The summed E-state index contributed by atoms with van der Waals surface area (Å²) < 4.78 is 15.9. The van der Waals surface area contributed by atoms with Gasteiger partial charge in [0.05, 0.1) is 21.3 Å². The molecule has 2 rings (SSSR count). The molecule has 0 bridgehead atoms.